The largest absolute Gasteiger partial charge is 0.349 e. The van der Waals surface area contributed by atoms with Gasteiger partial charge in [0.25, 0.3) is 0 Å². The molecule has 1 amide bonds. The number of halogens is 2. The van der Waals surface area contributed by atoms with Crippen molar-refractivity contribution in [1.29, 1.82) is 0 Å². The maximum atomic E-state index is 12.4. The average molecular weight is 422 g/mol. The van der Waals surface area contributed by atoms with Crippen molar-refractivity contribution in [3.05, 3.63) is 68.7 Å². The van der Waals surface area contributed by atoms with Gasteiger partial charge in [0.05, 0.1) is 11.8 Å². The van der Waals surface area contributed by atoms with Crippen LogP contribution in [0.4, 0.5) is 0 Å². The van der Waals surface area contributed by atoms with Gasteiger partial charge in [-0.15, -0.1) is 11.8 Å². The lowest BCUT2D eigenvalue weighted by molar-refractivity contribution is -0.119. The predicted octanol–water partition coefficient (Wildman–Crippen LogP) is 6.37. The molecule has 0 aromatic heterocycles. The molecular formula is C22H25Cl2NOS. The van der Waals surface area contributed by atoms with Crippen molar-refractivity contribution in [3.63, 3.8) is 0 Å². The number of amides is 1. The van der Waals surface area contributed by atoms with Crippen molar-refractivity contribution in [1.82, 2.24) is 5.32 Å². The molecule has 0 unspecified atom stereocenters. The number of carbonyl (C=O) groups is 1. The molecule has 2 aromatic rings. The highest BCUT2D eigenvalue weighted by Gasteiger charge is 2.16. The number of nitrogens with one attached hydrogen (secondary N) is 1. The molecule has 3 rings (SSSR count). The fourth-order valence-electron chi connectivity index (χ4n) is 3.54. The minimum absolute atomic E-state index is 0.0488. The average Bonchev–Trinajstić information content (AvgIpc) is 2.68. The Morgan fingerprint density at radius 3 is 2.52 bits per heavy atom. The van der Waals surface area contributed by atoms with Crippen LogP contribution in [0.25, 0.3) is 0 Å². The molecule has 27 heavy (non-hydrogen) atoms. The maximum Gasteiger partial charge on any atom is 0.230 e. The second-order valence-electron chi connectivity index (χ2n) is 6.96. The summed E-state index contributed by atoms with van der Waals surface area (Å²) < 4.78 is 0. The van der Waals surface area contributed by atoms with E-state index in [4.69, 9.17) is 23.2 Å². The molecule has 0 saturated carbocycles. The second-order valence-corrected chi connectivity index (χ2v) is 8.76. The molecule has 1 aliphatic rings. The van der Waals surface area contributed by atoms with E-state index in [0.717, 1.165) is 18.4 Å². The zero-order valence-corrected chi connectivity index (χ0v) is 17.9. The van der Waals surface area contributed by atoms with Gasteiger partial charge in [-0.3, -0.25) is 4.79 Å². The molecule has 0 aliphatic heterocycles. The van der Waals surface area contributed by atoms with Gasteiger partial charge in [0.15, 0.2) is 0 Å². The molecular weight excluding hydrogens is 397 g/mol. The number of hydrogen-bond acceptors (Lipinski definition) is 2. The summed E-state index contributed by atoms with van der Waals surface area (Å²) in [6.07, 6.45) is 5.77. The van der Waals surface area contributed by atoms with Crippen molar-refractivity contribution in [2.75, 3.05) is 5.75 Å². The lowest BCUT2D eigenvalue weighted by atomic mass is 9.89. The van der Waals surface area contributed by atoms with Crippen LogP contribution in [-0.2, 0) is 23.4 Å². The van der Waals surface area contributed by atoms with Gasteiger partial charge in [-0.05, 0) is 66.5 Å². The van der Waals surface area contributed by atoms with Crippen molar-refractivity contribution < 1.29 is 4.79 Å². The number of benzene rings is 2. The Morgan fingerprint density at radius 1 is 1.11 bits per heavy atom. The topological polar surface area (TPSA) is 29.1 Å². The van der Waals surface area contributed by atoms with Gasteiger partial charge in [-0.25, -0.2) is 0 Å². The van der Waals surface area contributed by atoms with Gasteiger partial charge < -0.3 is 5.32 Å². The van der Waals surface area contributed by atoms with Crippen molar-refractivity contribution >= 4 is 40.9 Å². The molecule has 0 saturated heterocycles. The zero-order chi connectivity index (χ0) is 19.2. The summed E-state index contributed by atoms with van der Waals surface area (Å²) >= 11 is 13.9. The van der Waals surface area contributed by atoms with E-state index in [9.17, 15) is 4.79 Å². The second kappa shape index (κ2) is 9.86. The molecule has 0 bridgehead atoms. The van der Waals surface area contributed by atoms with E-state index in [1.165, 1.54) is 47.7 Å². The van der Waals surface area contributed by atoms with Crippen LogP contribution in [0, 0.1) is 0 Å². The third-order valence-corrected chi connectivity index (χ3v) is 6.73. The van der Waals surface area contributed by atoms with Gasteiger partial charge in [0, 0.05) is 15.8 Å². The Hall–Kier alpha value is -1.16. The van der Waals surface area contributed by atoms with Crippen LogP contribution in [0.15, 0.2) is 36.4 Å². The Kier molecular flexibility index (Phi) is 7.51. The maximum absolute atomic E-state index is 12.4. The van der Waals surface area contributed by atoms with E-state index in [-0.39, 0.29) is 11.9 Å². The molecule has 0 heterocycles. The number of thioether (sulfide) groups is 1. The van der Waals surface area contributed by atoms with Gasteiger partial charge in [0.2, 0.25) is 5.91 Å². The number of fused-ring (bicyclic) bond motifs is 1. The molecule has 2 aromatic carbocycles. The van der Waals surface area contributed by atoms with Gasteiger partial charge in [0.1, 0.15) is 0 Å². The molecule has 0 radical (unpaired) electrons. The number of aryl methyl sites for hydroxylation is 2. The molecule has 1 N–H and O–H groups in total. The first kappa shape index (κ1) is 20.6. The third-order valence-electron chi connectivity index (χ3n) is 5.06. The molecule has 5 heteroatoms. The summed E-state index contributed by atoms with van der Waals surface area (Å²) in [5.41, 5.74) is 5.03. The lowest BCUT2D eigenvalue weighted by Gasteiger charge is -2.21. The summed E-state index contributed by atoms with van der Waals surface area (Å²) in [6.45, 7) is 2.11. The quantitative estimate of drug-likeness (QED) is 0.562. The minimum Gasteiger partial charge on any atom is -0.349 e. The first-order valence-corrected chi connectivity index (χ1v) is 11.4. The fourth-order valence-corrected chi connectivity index (χ4v) is 5.12. The number of carbonyl (C=O) groups excluding carboxylic acids is 1. The number of hydrogen-bond donors (Lipinski definition) is 1. The van der Waals surface area contributed by atoms with Crippen LogP contribution in [0.3, 0.4) is 0 Å². The summed E-state index contributed by atoms with van der Waals surface area (Å²) in [6, 6.07) is 12.3. The lowest BCUT2D eigenvalue weighted by Crippen LogP contribution is -2.29. The van der Waals surface area contributed by atoms with Crippen molar-refractivity contribution in [2.24, 2.45) is 0 Å². The monoisotopic (exact) mass is 421 g/mol. The van der Waals surface area contributed by atoms with Crippen LogP contribution in [0.1, 0.15) is 54.5 Å². The standard InChI is InChI=1S/C22H25Cl2NOS/c1-2-21(17-11-10-15-6-3-4-7-16(15)12-17)25-22(26)14-27-13-18-19(23)8-5-9-20(18)24/h5,8-12,21H,2-4,6-7,13-14H2,1H3,(H,25,26)/t21-/m0/s1. The third kappa shape index (κ3) is 5.43. The van der Waals surface area contributed by atoms with Crippen molar-refractivity contribution in [3.8, 4) is 0 Å². The Bertz CT molecular complexity index is 789. The highest BCUT2D eigenvalue weighted by atomic mass is 35.5. The first-order chi connectivity index (χ1) is 13.1. The van der Waals surface area contributed by atoms with Gasteiger partial charge in [-0.2, -0.15) is 0 Å². The Morgan fingerprint density at radius 2 is 1.81 bits per heavy atom. The molecule has 1 atom stereocenters. The number of rotatable bonds is 7. The van der Waals surface area contributed by atoms with E-state index in [2.05, 4.69) is 30.4 Å². The summed E-state index contributed by atoms with van der Waals surface area (Å²) in [7, 11) is 0. The molecule has 0 fully saturated rings. The van der Waals surface area contributed by atoms with Gasteiger partial charge in [-0.1, -0.05) is 54.4 Å². The summed E-state index contributed by atoms with van der Waals surface area (Å²) in [5, 5.41) is 4.48. The Balaban J connectivity index is 1.56. The van der Waals surface area contributed by atoms with Crippen LogP contribution in [0.5, 0.6) is 0 Å². The highest BCUT2D eigenvalue weighted by Crippen LogP contribution is 2.29. The SMILES string of the molecule is CC[C@H](NC(=O)CSCc1c(Cl)cccc1Cl)c1ccc2c(c1)CCCC2. The first-order valence-electron chi connectivity index (χ1n) is 9.50. The molecule has 144 valence electrons. The van der Waals surface area contributed by atoms with E-state index in [1.807, 2.05) is 18.2 Å². The fraction of sp³-hybridized carbons (Fsp3) is 0.409. The predicted molar refractivity (Wildman–Crippen MR) is 117 cm³/mol. The van der Waals surface area contributed by atoms with E-state index < -0.39 is 0 Å². The van der Waals surface area contributed by atoms with Crippen LogP contribution in [-0.4, -0.2) is 11.7 Å². The van der Waals surface area contributed by atoms with Gasteiger partial charge >= 0.3 is 0 Å². The molecule has 1 aliphatic carbocycles. The normalized spacial score (nSPS) is 14.5. The van der Waals surface area contributed by atoms with Crippen molar-refractivity contribution in [2.45, 2.75) is 50.8 Å². The summed E-state index contributed by atoms with van der Waals surface area (Å²) in [4.78, 5) is 12.4. The highest BCUT2D eigenvalue weighted by molar-refractivity contribution is 7.99. The van der Waals surface area contributed by atoms with Crippen LogP contribution >= 0.6 is 35.0 Å². The minimum atomic E-state index is 0.0488. The molecule has 0 spiro atoms. The Labute approximate surface area is 176 Å². The van der Waals surface area contributed by atoms with E-state index in [1.54, 1.807) is 0 Å². The van der Waals surface area contributed by atoms with E-state index in [0.29, 0.717) is 21.6 Å². The van der Waals surface area contributed by atoms with E-state index >= 15 is 0 Å². The smallest absolute Gasteiger partial charge is 0.230 e. The van der Waals surface area contributed by atoms with Crippen LogP contribution in [0.2, 0.25) is 10.0 Å². The zero-order valence-electron chi connectivity index (χ0n) is 15.6. The molecule has 2 nitrogen and oxygen atoms in total. The summed E-state index contributed by atoms with van der Waals surface area (Å²) in [5.74, 6) is 1.07. The van der Waals surface area contributed by atoms with Crippen LogP contribution < -0.4 is 5.32 Å².